The molecule has 0 bridgehead atoms. The SMILES string of the molecule is CCOCCOCCOC(=O)NCCC[SiH2]OCC. The highest BCUT2D eigenvalue weighted by molar-refractivity contribution is 6.26. The Hall–Kier alpha value is -0.633. The normalized spacial score (nSPS) is 11.1. The standard InChI is InChI=1S/C12H27NO5Si/c1-3-15-7-8-16-9-10-17-12(14)13-6-5-11-19-18-4-2/h3-11,19H2,1-2H3,(H,13,14). The van der Waals surface area contributed by atoms with E-state index in [0.717, 1.165) is 19.1 Å². The number of hydrogen-bond donors (Lipinski definition) is 1. The lowest BCUT2D eigenvalue weighted by atomic mass is 10.5. The Kier molecular flexibility index (Phi) is 14.9. The molecule has 0 aromatic rings. The van der Waals surface area contributed by atoms with Crippen LogP contribution in [0.4, 0.5) is 4.79 Å². The molecule has 0 saturated heterocycles. The Labute approximate surface area is 118 Å². The molecule has 0 saturated carbocycles. The Balaban J connectivity index is 3.13. The fourth-order valence-electron chi connectivity index (χ4n) is 1.27. The van der Waals surface area contributed by atoms with Crippen LogP contribution in [0.2, 0.25) is 6.04 Å². The highest BCUT2D eigenvalue weighted by Gasteiger charge is 2.00. The van der Waals surface area contributed by atoms with E-state index in [1.54, 1.807) is 0 Å². The maximum atomic E-state index is 11.2. The van der Waals surface area contributed by atoms with Gasteiger partial charge in [0.05, 0.1) is 19.8 Å². The molecule has 19 heavy (non-hydrogen) atoms. The third kappa shape index (κ3) is 15.3. The van der Waals surface area contributed by atoms with E-state index in [9.17, 15) is 4.79 Å². The zero-order chi connectivity index (χ0) is 14.2. The summed E-state index contributed by atoms with van der Waals surface area (Å²) in [5.41, 5.74) is 0. The van der Waals surface area contributed by atoms with Gasteiger partial charge in [-0.25, -0.2) is 4.79 Å². The van der Waals surface area contributed by atoms with Gasteiger partial charge >= 0.3 is 6.09 Å². The second kappa shape index (κ2) is 15.4. The Morgan fingerprint density at radius 3 is 2.53 bits per heavy atom. The summed E-state index contributed by atoms with van der Waals surface area (Å²) in [5.74, 6) is 0. The lowest BCUT2D eigenvalue weighted by Gasteiger charge is -2.07. The van der Waals surface area contributed by atoms with E-state index in [4.69, 9.17) is 18.6 Å². The monoisotopic (exact) mass is 293 g/mol. The minimum absolute atomic E-state index is 0.269. The maximum absolute atomic E-state index is 11.2. The van der Waals surface area contributed by atoms with Crippen molar-refractivity contribution >= 4 is 15.9 Å². The van der Waals surface area contributed by atoms with Crippen LogP contribution in [0.3, 0.4) is 0 Å². The fraction of sp³-hybridized carbons (Fsp3) is 0.917. The van der Waals surface area contributed by atoms with Crippen molar-refractivity contribution in [3.63, 3.8) is 0 Å². The summed E-state index contributed by atoms with van der Waals surface area (Å²) < 4.78 is 20.6. The van der Waals surface area contributed by atoms with E-state index in [-0.39, 0.29) is 22.5 Å². The maximum Gasteiger partial charge on any atom is 0.407 e. The molecule has 0 aliphatic rings. The lowest BCUT2D eigenvalue weighted by Crippen LogP contribution is -2.27. The molecule has 0 aliphatic heterocycles. The predicted octanol–water partition coefficient (Wildman–Crippen LogP) is 0.694. The number of amides is 1. The van der Waals surface area contributed by atoms with Crippen molar-refractivity contribution in [1.82, 2.24) is 5.32 Å². The van der Waals surface area contributed by atoms with E-state index >= 15 is 0 Å². The first-order valence-corrected chi connectivity index (χ1v) is 8.52. The summed E-state index contributed by atoms with van der Waals surface area (Å²) >= 11 is 0. The van der Waals surface area contributed by atoms with Gasteiger partial charge in [0.15, 0.2) is 9.76 Å². The van der Waals surface area contributed by atoms with Crippen molar-refractivity contribution < 1.29 is 23.4 Å². The average Bonchev–Trinajstić information content (AvgIpc) is 2.41. The van der Waals surface area contributed by atoms with Gasteiger partial charge in [-0.15, -0.1) is 0 Å². The highest BCUT2D eigenvalue weighted by atomic mass is 28.2. The molecule has 0 aliphatic carbocycles. The summed E-state index contributed by atoms with van der Waals surface area (Å²) in [6.07, 6.45) is 0.568. The van der Waals surface area contributed by atoms with Gasteiger partial charge < -0.3 is 24.0 Å². The van der Waals surface area contributed by atoms with Crippen LogP contribution in [0.1, 0.15) is 20.3 Å². The molecule has 6 nitrogen and oxygen atoms in total. The van der Waals surface area contributed by atoms with Crippen LogP contribution in [0.25, 0.3) is 0 Å². The summed E-state index contributed by atoms with van der Waals surface area (Å²) in [4.78, 5) is 11.2. The van der Waals surface area contributed by atoms with Crippen LogP contribution >= 0.6 is 0 Å². The van der Waals surface area contributed by atoms with Gasteiger partial charge in [-0.3, -0.25) is 0 Å². The molecule has 114 valence electrons. The first-order chi connectivity index (χ1) is 9.31. The molecule has 1 amide bonds. The predicted molar refractivity (Wildman–Crippen MR) is 76.3 cm³/mol. The Bertz CT molecular complexity index is 207. The summed E-state index contributed by atoms with van der Waals surface area (Å²) in [5, 5.41) is 2.70. The number of ether oxygens (including phenoxy) is 3. The van der Waals surface area contributed by atoms with Crippen LogP contribution in [0, 0.1) is 0 Å². The molecule has 0 radical (unpaired) electrons. The molecule has 0 spiro atoms. The van der Waals surface area contributed by atoms with Gasteiger partial charge in [0.2, 0.25) is 0 Å². The molecule has 0 aromatic carbocycles. The van der Waals surface area contributed by atoms with Gasteiger partial charge in [-0.1, -0.05) is 0 Å². The zero-order valence-corrected chi connectivity index (χ0v) is 13.5. The van der Waals surface area contributed by atoms with E-state index in [0.29, 0.717) is 33.0 Å². The Morgan fingerprint density at radius 1 is 1.05 bits per heavy atom. The van der Waals surface area contributed by atoms with Gasteiger partial charge in [0, 0.05) is 19.8 Å². The molecule has 0 atom stereocenters. The van der Waals surface area contributed by atoms with Gasteiger partial charge in [-0.2, -0.15) is 0 Å². The highest BCUT2D eigenvalue weighted by Crippen LogP contribution is 1.88. The molecule has 0 fully saturated rings. The van der Waals surface area contributed by atoms with Gasteiger partial charge in [-0.05, 0) is 26.3 Å². The minimum Gasteiger partial charge on any atom is -0.447 e. The Morgan fingerprint density at radius 2 is 1.79 bits per heavy atom. The van der Waals surface area contributed by atoms with Crippen molar-refractivity contribution in [2.24, 2.45) is 0 Å². The molecular weight excluding hydrogens is 266 g/mol. The van der Waals surface area contributed by atoms with E-state index in [1.165, 1.54) is 0 Å². The number of carbonyl (C=O) groups is 1. The first-order valence-electron chi connectivity index (χ1n) is 6.95. The van der Waals surface area contributed by atoms with Crippen LogP contribution in [0.5, 0.6) is 0 Å². The van der Waals surface area contributed by atoms with E-state index < -0.39 is 0 Å². The molecule has 0 rings (SSSR count). The zero-order valence-electron chi connectivity index (χ0n) is 12.1. The number of nitrogens with one attached hydrogen (secondary N) is 1. The third-order valence-electron chi connectivity index (χ3n) is 2.23. The van der Waals surface area contributed by atoms with Crippen LogP contribution < -0.4 is 5.32 Å². The average molecular weight is 293 g/mol. The second-order valence-electron chi connectivity index (χ2n) is 3.78. The smallest absolute Gasteiger partial charge is 0.407 e. The molecule has 0 aromatic heterocycles. The molecular formula is C12H27NO5Si. The van der Waals surface area contributed by atoms with Crippen molar-refractivity contribution in [2.45, 2.75) is 26.3 Å². The molecule has 0 heterocycles. The molecule has 1 N–H and O–H groups in total. The van der Waals surface area contributed by atoms with Gasteiger partial charge in [0.1, 0.15) is 6.61 Å². The lowest BCUT2D eigenvalue weighted by molar-refractivity contribution is 0.0314. The van der Waals surface area contributed by atoms with E-state index in [2.05, 4.69) is 5.32 Å². The van der Waals surface area contributed by atoms with Crippen LogP contribution in [-0.2, 0) is 18.6 Å². The molecule has 7 heteroatoms. The number of alkyl carbamates (subject to hydrolysis) is 1. The van der Waals surface area contributed by atoms with Crippen molar-refractivity contribution in [1.29, 1.82) is 0 Å². The summed E-state index contributed by atoms with van der Waals surface area (Å²) in [7, 11) is -0.388. The van der Waals surface area contributed by atoms with Crippen LogP contribution in [-0.4, -0.2) is 62.0 Å². The summed E-state index contributed by atoms with van der Waals surface area (Å²) in [6.45, 7) is 7.84. The fourth-order valence-corrected chi connectivity index (χ4v) is 2.22. The van der Waals surface area contributed by atoms with Crippen molar-refractivity contribution in [2.75, 3.05) is 46.2 Å². The largest absolute Gasteiger partial charge is 0.447 e. The number of carbonyl (C=O) groups excluding carboxylic acids is 1. The number of hydrogen-bond acceptors (Lipinski definition) is 5. The number of rotatable bonds is 13. The van der Waals surface area contributed by atoms with E-state index in [1.807, 2.05) is 13.8 Å². The quantitative estimate of drug-likeness (QED) is 0.400. The third-order valence-corrected chi connectivity index (χ3v) is 3.71. The van der Waals surface area contributed by atoms with Gasteiger partial charge in [0.25, 0.3) is 0 Å². The first kappa shape index (κ1) is 18.4. The van der Waals surface area contributed by atoms with Crippen LogP contribution in [0.15, 0.2) is 0 Å². The molecule has 0 unspecified atom stereocenters. The summed E-state index contributed by atoms with van der Waals surface area (Å²) in [6, 6.07) is 1.08. The topological polar surface area (TPSA) is 66.0 Å². The van der Waals surface area contributed by atoms with Crippen molar-refractivity contribution in [3.8, 4) is 0 Å². The van der Waals surface area contributed by atoms with Crippen molar-refractivity contribution in [3.05, 3.63) is 0 Å². The minimum atomic E-state index is -0.388. The second-order valence-corrected chi connectivity index (χ2v) is 5.30.